The van der Waals surface area contributed by atoms with E-state index in [4.69, 9.17) is 16.3 Å². The fourth-order valence-electron chi connectivity index (χ4n) is 2.38. The molecule has 0 fully saturated rings. The molecule has 3 heteroatoms. The number of fused-ring (bicyclic) bond motifs is 1. The van der Waals surface area contributed by atoms with Crippen LogP contribution in [0.25, 0.3) is 21.9 Å². The summed E-state index contributed by atoms with van der Waals surface area (Å²) in [6.07, 6.45) is 0. The molecule has 0 amide bonds. The van der Waals surface area contributed by atoms with Crippen molar-refractivity contribution in [3.05, 3.63) is 64.1 Å². The third-order valence-electron chi connectivity index (χ3n) is 3.32. The number of hydrogen-bond acceptors (Lipinski definition) is 1. The summed E-state index contributed by atoms with van der Waals surface area (Å²) in [6, 6.07) is 18.2. The third kappa shape index (κ3) is 2.30. The van der Waals surface area contributed by atoms with Crippen molar-refractivity contribution in [2.24, 2.45) is 0 Å². The van der Waals surface area contributed by atoms with Crippen molar-refractivity contribution < 1.29 is 4.74 Å². The second-order valence-corrected chi connectivity index (χ2v) is 5.78. The summed E-state index contributed by atoms with van der Waals surface area (Å²) >= 11 is 9.64. The number of ether oxygens (including phenoxy) is 1. The van der Waals surface area contributed by atoms with Gasteiger partial charge in [-0.3, -0.25) is 0 Å². The molecule has 3 aromatic carbocycles. The molecule has 0 radical (unpaired) electrons. The molecule has 0 bridgehead atoms. The van der Waals surface area contributed by atoms with Crippen molar-refractivity contribution >= 4 is 38.3 Å². The first-order valence-corrected chi connectivity index (χ1v) is 7.39. The van der Waals surface area contributed by atoms with Crippen LogP contribution in [0, 0.1) is 0 Å². The molecule has 0 aromatic heterocycles. The van der Waals surface area contributed by atoms with Crippen LogP contribution >= 0.6 is 27.5 Å². The van der Waals surface area contributed by atoms with Crippen molar-refractivity contribution in [3.63, 3.8) is 0 Å². The standard InChI is InChI=1S/C17H12BrClO/c1-20-17-10-11(19)6-7-15(17)13-8-9-16(18)14-5-3-2-4-12(13)14/h2-10H,1H3. The van der Waals surface area contributed by atoms with Gasteiger partial charge in [-0.1, -0.05) is 57.9 Å². The smallest absolute Gasteiger partial charge is 0.128 e. The molecule has 0 heterocycles. The SMILES string of the molecule is COc1cc(Cl)ccc1-c1ccc(Br)c2ccccc12. The third-order valence-corrected chi connectivity index (χ3v) is 4.25. The van der Waals surface area contributed by atoms with Crippen molar-refractivity contribution in [1.82, 2.24) is 0 Å². The van der Waals surface area contributed by atoms with Crippen LogP contribution < -0.4 is 4.74 Å². The molecule has 100 valence electrons. The zero-order chi connectivity index (χ0) is 14.1. The van der Waals surface area contributed by atoms with Gasteiger partial charge in [0.05, 0.1) is 7.11 Å². The highest BCUT2D eigenvalue weighted by Gasteiger charge is 2.11. The van der Waals surface area contributed by atoms with Crippen LogP contribution in [0.3, 0.4) is 0 Å². The van der Waals surface area contributed by atoms with Gasteiger partial charge in [0, 0.05) is 15.1 Å². The summed E-state index contributed by atoms with van der Waals surface area (Å²) in [5, 5.41) is 3.04. The predicted octanol–water partition coefficient (Wildman–Crippen LogP) is 5.93. The number of methoxy groups -OCH3 is 1. The van der Waals surface area contributed by atoms with Gasteiger partial charge >= 0.3 is 0 Å². The van der Waals surface area contributed by atoms with Crippen LogP contribution in [0.4, 0.5) is 0 Å². The second kappa shape index (κ2) is 5.47. The molecule has 0 atom stereocenters. The zero-order valence-corrected chi connectivity index (χ0v) is 13.2. The largest absolute Gasteiger partial charge is 0.496 e. The maximum absolute atomic E-state index is 6.04. The van der Waals surface area contributed by atoms with E-state index in [0.29, 0.717) is 5.02 Å². The van der Waals surface area contributed by atoms with E-state index >= 15 is 0 Å². The van der Waals surface area contributed by atoms with Gasteiger partial charge in [-0.05, 0) is 40.6 Å². The van der Waals surface area contributed by atoms with E-state index in [1.165, 1.54) is 10.8 Å². The van der Waals surface area contributed by atoms with E-state index < -0.39 is 0 Å². The van der Waals surface area contributed by atoms with E-state index in [2.05, 4.69) is 40.2 Å². The van der Waals surface area contributed by atoms with E-state index in [0.717, 1.165) is 21.3 Å². The first-order valence-electron chi connectivity index (χ1n) is 6.22. The molecule has 0 unspecified atom stereocenters. The lowest BCUT2D eigenvalue weighted by molar-refractivity contribution is 0.416. The Balaban J connectivity index is 2.33. The first-order chi connectivity index (χ1) is 9.70. The van der Waals surface area contributed by atoms with Crippen LogP contribution in [0.2, 0.25) is 5.02 Å². The van der Waals surface area contributed by atoms with Gasteiger partial charge < -0.3 is 4.74 Å². The van der Waals surface area contributed by atoms with Crippen LogP contribution in [0.15, 0.2) is 59.1 Å². The van der Waals surface area contributed by atoms with E-state index in [9.17, 15) is 0 Å². The average Bonchev–Trinajstić information content (AvgIpc) is 2.48. The molecular weight excluding hydrogens is 336 g/mol. The molecule has 20 heavy (non-hydrogen) atoms. The molecule has 0 saturated heterocycles. The lowest BCUT2D eigenvalue weighted by Crippen LogP contribution is -1.89. The summed E-state index contributed by atoms with van der Waals surface area (Å²) in [4.78, 5) is 0. The summed E-state index contributed by atoms with van der Waals surface area (Å²) in [7, 11) is 1.66. The highest BCUT2D eigenvalue weighted by Crippen LogP contribution is 2.38. The second-order valence-electron chi connectivity index (χ2n) is 4.49. The topological polar surface area (TPSA) is 9.23 Å². The van der Waals surface area contributed by atoms with Gasteiger partial charge in [0.1, 0.15) is 5.75 Å². The van der Waals surface area contributed by atoms with E-state index in [-0.39, 0.29) is 0 Å². The van der Waals surface area contributed by atoms with E-state index in [1.54, 1.807) is 7.11 Å². The Hall–Kier alpha value is -1.51. The maximum atomic E-state index is 6.04. The Morgan fingerprint density at radius 1 is 0.900 bits per heavy atom. The van der Waals surface area contributed by atoms with Crippen LogP contribution in [0.1, 0.15) is 0 Å². The van der Waals surface area contributed by atoms with Crippen LogP contribution in [-0.4, -0.2) is 7.11 Å². The molecule has 0 saturated carbocycles. The van der Waals surface area contributed by atoms with Gasteiger partial charge in [0.2, 0.25) is 0 Å². The molecule has 3 aromatic rings. The molecule has 0 spiro atoms. The molecule has 0 N–H and O–H groups in total. The number of halogens is 2. The predicted molar refractivity (Wildman–Crippen MR) is 88.6 cm³/mol. The maximum Gasteiger partial charge on any atom is 0.128 e. The molecule has 3 rings (SSSR count). The lowest BCUT2D eigenvalue weighted by Gasteiger charge is -2.12. The highest BCUT2D eigenvalue weighted by atomic mass is 79.9. The minimum absolute atomic E-state index is 0.673. The number of rotatable bonds is 2. The Bertz CT molecular complexity index is 783. The quantitative estimate of drug-likeness (QED) is 0.558. The zero-order valence-electron chi connectivity index (χ0n) is 10.9. The van der Waals surface area contributed by atoms with Gasteiger partial charge in [-0.25, -0.2) is 0 Å². The Morgan fingerprint density at radius 2 is 1.60 bits per heavy atom. The summed E-state index contributed by atoms with van der Waals surface area (Å²) in [5.41, 5.74) is 2.18. The fraction of sp³-hybridized carbons (Fsp3) is 0.0588. The number of benzene rings is 3. The monoisotopic (exact) mass is 346 g/mol. The Morgan fingerprint density at radius 3 is 2.35 bits per heavy atom. The molecule has 1 nitrogen and oxygen atoms in total. The van der Waals surface area contributed by atoms with Gasteiger partial charge in [-0.15, -0.1) is 0 Å². The summed E-state index contributed by atoms with van der Waals surface area (Å²) in [5.74, 6) is 0.782. The first kappa shape index (κ1) is 13.5. The van der Waals surface area contributed by atoms with Crippen molar-refractivity contribution in [3.8, 4) is 16.9 Å². The molecule has 0 aliphatic carbocycles. The lowest BCUT2D eigenvalue weighted by atomic mass is 9.97. The van der Waals surface area contributed by atoms with Crippen LogP contribution in [0.5, 0.6) is 5.75 Å². The summed E-state index contributed by atoms with van der Waals surface area (Å²) < 4.78 is 6.55. The minimum atomic E-state index is 0.673. The average molecular weight is 348 g/mol. The fourth-order valence-corrected chi connectivity index (χ4v) is 3.02. The van der Waals surface area contributed by atoms with Crippen molar-refractivity contribution in [2.75, 3.05) is 7.11 Å². The Labute approximate surface area is 131 Å². The van der Waals surface area contributed by atoms with Gasteiger partial charge in [-0.2, -0.15) is 0 Å². The molecular formula is C17H12BrClO. The van der Waals surface area contributed by atoms with Gasteiger partial charge in [0.15, 0.2) is 0 Å². The van der Waals surface area contributed by atoms with E-state index in [1.807, 2.05) is 30.3 Å². The number of hydrogen-bond donors (Lipinski definition) is 0. The minimum Gasteiger partial charge on any atom is -0.496 e. The normalized spacial score (nSPS) is 10.8. The highest BCUT2D eigenvalue weighted by molar-refractivity contribution is 9.10. The van der Waals surface area contributed by atoms with Crippen molar-refractivity contribution in [2.45, 2.75) is 0 Å². The molecule has 0 aliphatic heterocycles. The van der Waals surface area contributed by atoms with Gasteiger partial charge in [0.25, 0.3) is 0 Å². The van der Waals surface area contributed by atoms with Crippen molar-refractivity contribution in [1.29, 1.82) is 0 Å². The van der Waals surface area contributed by atoms with Crippen LogP contribution in [-0.2, 0) is 0 Å². The summed E-state index contributed by atoms with van der Waals surface area (Å²) in [6.45, 7) is 0. The Kier molecular flexibility index (Phi) is 3.68. The molecule has 0 aliphatic rings.